The number of H-pyrrole nitrogens is 1. The molecule has 8 nitrogen and oxygen atoms in total. The molecule has 1 aliphatic rings. The van der Waals surface area contributed by atoms with Gasteiger partial charge in [0.2, 0.25) is 5.88 Å². The summed E-state index contributed by atoms with van der Waals surface area (Å²) >= 11 is 0. The second-order valence-corrected chi connectivity index (χ2v) is 8.28. The van der Waals surface area contributed by atoms with E-state index in [-0.39, 0.29) is 11.4 Å². The van der Waals surface area contributed by atoms with Gasteiger partial charge in [-0.05, 0) is 24.3 Å². The van der Waals surface area contributed by atoms with Crippen LogP contribution in [0.3, 0.4) is 0 Å². The zero-order valence-electron chi connectivity index (χ0n) is 17.8. The van der Waals surface area contributed by atoms with Gasteiger partial charge >= 0.3 is 0 Å². The molecule has 5 heterocycles. The number of nitrogens with one attached hydrogen (secondary N) is 1. The van der Waals surface area contributed by atoms with Gasteiger partial charge in [0.15, 0.2) is 0 Å². The van der Waals surface area contributed by atoms with E-state index in [4.69, 9.17) is 14.5 Å². The summed E-state index contributed by atoms with van der Waals surface area (Å²) in [5, 5.41) is 7.69. The molecule has 1 fully saturated rings. The Hall–Kier alpha value is -3.23. The smallest absolute Gasteiger partial charge is 0.285 e. The fourth-order valence-electron chi connectivity index (χ4n) is 3.89. The number of morpholine rings is 1. The van der Waals surface area contributed by atoms with Gasteiger partial charge in [0.25, 0.3) is 5.66 Å². The lowest BCUT2D eigenvalue weighted by Gasteiger charge is -2.28. The Labute approximate surface area is 190 Å². The summed E-state index contributed by atoms with van der Waals surface area (Å²) in [5.41, 5.74) is -0.318. The molecule has 0 bridgehead atoms. The van der Waals surface area contributed by atoms with Gasteiger partial charge < -0.3 is 14.4 Å². The van der Waals surface area contributed by atoms with Crippen LogP contribution in [0, 0.1) is 0 Å². The Balaban J connectivity index is 1.81. The largest absolute Gasteiger partial charge is 0.481 e. The number of hydrogen-bond donors (Lipinski definition) is 1. The maximum absolute atomic E-state index is 14.1. The van der Waals surface area contributed by atoms with E-state index in [2.05, 4.69) is 25.1 Å². The summed E-state index contributed by atoms with van der Waals surface area (Å²) in [6.45, 7) is 2.48. The highest BCUT2D eigenvalue weighted by Gasteiger charge is 2.28. The van der Waals surface area contributed by atoms with Crippen molar-refractivity contribution in [2.24, 2.45) is 0 Å². The highest BCUT2D eigenvalue weighted by atomic mass is 31.0. The van der Waals surface area contributed by atoms with E-state index in [1.54, 1.807) is 21.6 Å². The lowest BCUT2D eigenvalue weighted by molar-refractivity contribution is 0.103. The molecule has 33 heavy (non-hydrogen) atoms. The molecule has 0 aromatic carbocycles. The summed E-state index contributed by atoms with van der Waals surface area (Å²) in [4.78, 5) is 15.7. The van der Waals surface area contributed by atoms with Crippen LogP contribution in [0.15, 0.2) is 42.9 Å². The molecule has 4 aromatic heterocycles. The van der Waals surface area contributed by atoms with Crippen molar-refractivity contribution >= 4 is 26.0 Å². The van der Waals surface area contributed by atoms with E-state index < -0.39 is 5.66 Å². The number of hydrogen-bond acceptors (Lipinski definition) is 7. The first-order valence-electron chi connectivity index (χ1n) is 10.3. The third kappa shape index (κ3) is 4.12. The maximum atomic E-state index is 14.1. The van der Waals surface area contributed by atoms with Crippen LogP contribution in [0.25, 0.3) is 33.4 Å². The van der Waals surface area contributed by atoms with E-state index in [0.717, 1.165) is 11.6 Å². The normalized spacial score (nSPS) is 14.6. The van der Waals surface area contributed by atoms with E-state index in [0.29, 0.717) is 60.2 Å². The summed E-state index contributed by atoms with van der Waals surface area (Å²) in [7, 11) is 3.02. The molecule has 0 saturated carbocycles. The summed E-state index contributed by atoms with van der Waals surface area (Å²) < 4.78 is 39.2. The molecule has 11 heteroatoms. The molecule has 1 saturated heterocycles. The lowest BCUT2D eigenvalue weighted by atomic mass is 9.99. The predicted molar refractivity (Wildman–Crippen MR) is 124 cm³/mol. The average molecular weight is 470 g/mol. The molecule has 0 aliphatic carbocycles. The first-order valence-corrected chi connectivity index (χ1v) is 10.9. The molecule has 1 aliphatic heterocycles. The minimum absolute atomic E-state index is 0.232. The topological polar surface area (TPSA) is 89.0 Å². The number of ether oxygens (including phenoxy) is 2. The number of pyridine rings is 3. The van der Waals surface area contributed by atoms with Crippen molar-refractivity contribution in [2.75, 3.05) is 38.3 Å². The molecule has 0 spiro atoms. The van der Waals surface area contributed by atoms with E-state index in [1.807, 2.05) is 18.2 Å². The number of aromatic nitrogens is 5. The van der Waals surface area contributed by atoms with Crippen molar-refractivity contribution in [1.82, 2.24) is 25.1 Å². The SMILES string of the molecule is COc1ncc(C(F)(F)P)cc1-c1cc(N2CCOCC2)nc2c(-c3ccn[nH]3)nccc12. The quantitative estimate of drug-likeness (QED) is 0.443. The fraction of sp³-hybridized carbons (Fsp3) is 0.273. The number of anilines is 1. The average Bonchev–Trinajstić information content (AvgIpc) is 3.37. The van der Waals surface area contributed by atoms with Crippen LogP contribution in [0.5, 0.6) is 5.88 Å². The molecular weight excluding hydrogens is 449 g/mol. The van der Waals surface area contributed by atoms with Crippen molar-refractivity contribution in [3.8, 4) is 28.4 Å². The number of aromatic amines is 1. The van der Waals surface area contributed by atoms with Gasteiger partial charge in [-0.1, -0.05) is 9.24 Å². The van der Waals surface area contributed by atoms with Crippen LogP contribution in [0.4, 0.5) is 14.6 Å². The van der Waals surface area contributed by atoms with Crippen LogP contribution in [-0.2, 0) is 10.4 Å². The first-order chi connectivity index (χ1) is 16.0. The summed E-state index contributed by atoms with van der Waals surface area (Å²) in [5.74, 6) is 0.938. The number of halogens is 2. The minimum atomic E-state index is -3.13. The zero-order valence-corrected chi connectivity index (χ0v) is 18.9. The van der Waals surface area contributed by atoms with Gasteiger partial charge in [-0.25, -0.2) is 9.97 Å². The van der Waals surface area contributed by atoms with Crippen LogP contribution in [-0.4, -0.2) is 58.6 Å². The second kappa shape index (κ2) is 8.61. The van der Waals surface area contributed by atoms with E-state index in [1.165, 1.54) is 13.2 Å². The molecule has 1 unspecified atom stereocenters. The first kappa shape index (κ1) is 21.6. The third-order valence-electron chi connectivity index (χ3n) is 5.52. The van der Waals surface area contributed by atoms with Crippen molar-refractivity contribution in [3.05, 3.63) is 48.4 Å². The molecule has 170 valence electrons. The summed E-state index contributed by atoms with van der Waals surface area (Å²) in [6.07, 6.45) is 4.42. The van der Waals surface area contributed by atoms with Gasteiger partial charge in [-0.3, -0.25) is 10.1 Å². The van der Waals surface area contributed by atoms with Gasteiger partial charge in [0, 0.05) is 53.8 Å². The number of alkyl halides is 2. The predicted octanol–water partition coefficient (Wildman–Crippen LogP) is 3.85. The molecule has 1 N–H and O–H groups in total. The Morgan fingerprint density at radius 1 is 1.12 bits per heavy atom. The van der Waals surface area contributed by atoms with Gasteiger partial charge in [0.1, 0.15) is 17.0 Å². The fourth-order valence-corrected chi connectivity index (χ4v) is 4.05. The van der Waals surface area contributed by atoms with E-state index in [9.17, 15) is 8.78 Å². The summed E-state index contributed by atoms with van der Waals surface area (Å²) in [6, 6.07) is 6.91. The molecule has 1 atom stereocenters. The minimum Gasteiger partial charge on any atom is -0.481 e. The number of rotatable bonds is 5. The van der Waals surface area contributed by atoms with Crippen molar-refractivity contribution in [2.45, 2.75) is 5.66 Å². The lowest BCUT2D eigenvalue weighted by Crippen LogP contribution is -2.36. The number of nitrogens with zero attached hydrogens (tertiary/aromatic N) is 5. The Bertz CT molecular complexity index is 1290. The Morgan fingerprint density at radius 3 is 2.64 bits per heavy atom. The molecule has 0 amide bonds. The number of fused-ring (bicyclic) bond motifs is 1. The molecular formula is C22H21F2N6O2P. The standard InChI is InChI=1S/C22H21F2N6O2P/c1-31-21-16(10-13(12-26-21)22(23,24)33)15-11-18(30-6-8-32-9-7-30)28-19-14(15)2-4-25-20(19)17-3-5-27-29-17/h2-5,10-12H,6-9,33H2,1H3,(H,27,29). The van der Waals surface area contributed by atoms with Gasteiger partial charge in [-0.2, -0.15) is 13.9 Å². The van der Waals surface area contributed by atoms with E-state index >= 15 is 0 Å². The van der Waals surface area contributed by atoms with Crippen LogP contribution in [0.1, 0.15) is 5.56 Å². The highest BCUT2D eigenvalue weighted by molar-refractivity contribution is 7.17. The monoisotopic (exact) mass is 470 g/mol. The van der Waals surface area contributed by atoms with Crippen LogP contribution >= 0.6 is 9.24 Å². The van der Waals surface area contributed by atoms with Crippen LogP contribution in [0.2, 0.25) is 0 Å². The molecule has 4 aromatic rings. The second-order valence-electron chi connectivity index (χ2n) is 7.56. The molecule has 5 rings (SSSR count). The maximum Gasteiger partial charge on any atom is 0.285 e. The van der Waals surface area contributed by atoms with Crippen molar-refractivity contribution in [3.63, 3.8) is 0 Å². The number of methoxy groups -OCH3 is 1. The Morgan fingerprint density at radius 2 is 1.94 bits per heavy atom. The van der Waals surface area contributed by atoms with Crippen molar-refractivity contribution < 1.29 is 18.3 Å². The Kier molecular flexibility index (Phi) is 5.64. The van der Waals surface area contributed by atoms with Crippen molar-refractivity contribution in [1.29, 1.82) is 0 Å². The zero-order chi connectivity index (χ0) is 23.0. The van der Waals surface area contributed by atoms with Crippen LogP contribution < -0.4 is 9.64 Å². The third-order valence-corrected chi connectivity index (χ3v) is 5.86. The molecule has 0 radical (unpaired) electrons. The van der Waals surface area contributed by atoms with Gasteiger partial charge in [0.05, 0.1) is 26.0 Å². The van der Waals surface area contributed by atoms with Gasteiger partial charge in [-0.15, -0.1) is 0 Å². The highest BCUT2D eigenvalue weighted by Crippen LogP contribution is 2.42.